The van der Waals surface area contributed by atoms with Crippen LogP contribution < -0.4 is 53.6 Å². The fourth-order valence-corrected chi connectivity index (χ4v) is 9.88. The maximum Gasteiger partial charge on any atom is 0.339 e. The first kappa shape index (κ1) is 63.6. The average Bonchev–Trinajstić information content (AvgIpc) is 3.31. The Balaban J connectivity index is 0.941. The van der Waals surface area contributed by atoms with Gasteiger partial charge < -0.3 is 71.5 Å². The first-order valence-electron chi connectivity index (χ1n) is 27.4. The molecule has 3 heterocycles. The molecule has 23 nitrogen and oxygen atoms in total. The number of amides is 2. The predicted octanol–water partition coefficient (Wildman–Crippen LogP) is 6.63. The molecule has 456 valence electrons. The van der Waals surface area contributed by atoms with E-state index < -0.39 is 29.6 Å². The fraction of sp³-hybridized carbons (Fsp3) is 0.403. The molecule has 2 aliphatic rings. The number of carbonyl (C=O) groups excluding carboxylic acids is 4. The lowest BCUT2D eigenvalue weighted by Gasteiger charge is -2.36. The van der Waals surface area contributed by atoms with Crippen molar-refractivity contribution in [2.24, 2.45) is 0 Å². The van der Waals surface area contributed by atoms with E-state index >= 15 is 0 Å². The number of urea groups is 1. The van der Waals surface area contributed by atoms with Crippen molar-refractivity contribution in [3.8, 4) is 51.7 Å². The standard InChI is InChI=1S/C62H75N5O18/c1-40-46-15-14-44(63-62(72)67-25-23-65(24-26-67)28-30-83-56(69)17-12-42-33-51(75-4)59(80-9)52(34-42)76-5)37-48(46)85-61(71)47(40)38-45(84-57(70)18-13-43-35-53(77-6)60(81-10)54(36-43)78-7)39-66-21-19-64(20-22-66)27-29-82-55(68)16-11-41-31-49(73-2)58(79-8)50(32-41)74-3/h11-18,31-37,45H,19-30,38-39H2,1-10H3,(H,63,72). The zero-order valence-corrected chi connectivity index (χ0v) is 49.8. The van der Waals surface area contributed by atoms with Gasteiger partial charge in [0, 0.05) is 119 Å². The lowest BCUT2D eigenvalue weighted by atomic mass is 10.0. The second kappa shape index (κ2) is 31.1. The maximum atomic E-state index is 13.9. The van der Waals surface area contributed by atoms with Crippen molar-refractivity contribution in [3.05, 3.63) is 111 Å². The molecule has 2 saturated heterocycles. The molecule has 2 fully saturated rings. The highest BCUT2D eigenvalue weighted by Crippen LogP contribution is 2.41. The number of nitrogens with zero attached hydrogens (tertiary/aromatic N) is 4. The number of hydrogen-bond donors (Lipinski definition) is 1. The van der Waals surface area contributed by atoms with Gasteiger partial charge in [0.15, 0.2) is 34.5 Å². The number of carbonyl (C=O) groups is 4. The monoisotopic (exact) mass is 1180 g/mol. The number of nitrogens with one attached hydrogen (secondary N) is 1. The largest absolute Gasteiger partial charge is 0.493 e. The highest BCUT2D eigenvalue weighted by molar-refractivity contribution is 5.93. The Labute approximate surface area is 494 Å². The summed E-state index contributed by atoms with van der Waals surface area (Å²) in [4.78, 5) is 74.5. The van der Waals surface area contributed by atoms with E-state index in [1.54, 1.807) is 77.7 Å². The van der Waals surface area contributed by atoms with Gasteiger partial charge in [0.1, 0.15) is 24.9 Å². The summed E-state index contributed by atoms with van der Waals surface area (Å²) in [5.74, 6) is 2.30. The Morgan fingerprint density at radius 1 is 0.529 bits per heavy atom. The van der Waals surface area contributed by atoms with E-state index in [4.69, 9.17) is 61.3 Å². The van der Waals surface area contributed by atoms with Gasteiger partial charge in [-0.25, -0.2) is 24.0 Å². The molecule has 0 radical (unpaired) electrons. The quantitative estimate of drug-likeness (QED) is 0.0252. The van der Waals surface area contributed by atoms with Crippen molar-refractivity contribution in [2.75, 3.05) is 155 Å². The smallest absolute Gasteiger partial charge is 0.339 e. The number of aryl methyl sites for hydroxylation is 1. The maximum absolute atomic E-state index is 13.9. The van der Waals surface area contributed by atoms with Crippen LogP contribution in [-0.2, 0) is 35.0 Å². The van der Waals surface area contributed by atoms with E-state index in [9.17, 15) is 24.0 Å². The zero-order chi connectivity index (χ0) is 61.0. The Bertz CT molecular complexity index is 3210. The van der Waals surface area contributed by atoms with Crippen LogP contribution in [0.4, 0.5) is 10.5 Å². The second-order valence-corrected chi connectivity index (χ2v) is 19.6. The molecule has 4 aromatic carbocycles. The van der Waals surface area contributed by atoms with Gasteiger partial charge in [-0.15, -0.1) is 0 Å². The van der Waals surface area contributed by atoms with E-state index in [1.165, 1.54) is 82.2 Å². The number of rotatable bonds is 27. The van der Waals surface area contributed by atoms with E-state index in [-0.39, 0.29) is 31.2 Å². The molecule has 1 aromatic heterocycles. The van der Waals surface area contributed by atoms with Crippen LogP contribution in [0.2, 0.25) is 0 Å². The van der Waals surface area contributed by atoms with Crippen molar-refractivity contribution in [3.63, 3.8) is 0 Å². The van der Waals surface area contributed by atoms with Crippen LogP contribution in [0.25, 0.3) is 29.2 Å². The first-order chi connectivity index (χ1) is 41.1. The third-order valence-corrected chi connectivity index (χ3v) is 14.4. The summed E-state index contributed by atoms with van der Waals surface area (Å²) in [5.41, 5.74) is 3.03. The summed E-state index contributed by atoms with van der Waals surface area (Å²) in [6.45, 7) is 7.96. The molecule has 0 aliphatic carbocycles. The molecule has 1 atom stereocenters. The molecule has 23 heteroatoms. The number of anilines is 1. The molecular weight excluding hydrogens is 1100 g/mol. The predicted molar refractivity (Wildman–Crippen MR) is 318 cm³/mol. The number of hydrogen-bond acceptors (Lipinski definition) is 21. The number of methoxy groups -OCH3 is 9. The van der Waals surface area contributed by atoms with Crippen molar-refractivity contribution >= 4 is 58.8 Å². The fourth-order valence-electron chi connectivity index (χ4n) is 9.88. The van der Waals surface area contributed by atoms with Gasteiger partial charge in [0.25, 0.3) is 0 Å². The summed E-state index contributed by atoms with van der Waals surface area (Å²) in [6.07, 6.45) is 8.05. The number of benzene rings is 4. The summed E-state index contributed by atoms with van der Waals surface area (Å²) in [5, 5.41) is 3.59. The molecule has 0 saturated carbocycles. The third-order valence-electron chi connectivity index (χ3n) is 14.4. The van der Waals surface area contributed by atoms with Crippen LogP contribution in [0.1, 0.15) is 27.8 Å². The van der Waals surface area contributed by atoms with E-state index in [0.29, 0.717) is 163 Å². The SMILES string of the molecule is COc1cc(C=CC(=O)OCCN2CCN(CC(Cc3c(C)c4ccc(NC(=O)N5CCN(CCOC(=O)C=Cc6cc(OC)c(OC)c(OC)c6)CC5)cc4oc3=O)OC(=O)C=Cc3cc(OC)c(OC)c(OC)c3)CC2)cc(OC)c1OC. The summed E-state index contributed by atoms with van der Waals surface area (Å²) >= 11 is 0. The average molecular weight is 1180 g/mol. The highest BCUT2D eigenvalue weighted by Gasteiger charge is 2.27. The Kier molecular flexibility index (Phi) is 23.3. The van der Waals surface area contributed by atoms with Crippen molar-refractivity contribution < 1.29 is 80.4 Å². The normalized spacial score (nSPS) is 14.5. The van der Waals surface area contributed by atoms with E-state index in [1.807, 2.05) is 6.92 Å². The second-order valence-electron chi connectivity index (χ2n) is 19.6. The van der Waals surface area contributed by atoms with Gasteiger partial charge in [-0.05, 0) is 95.9 Å². The van der Waals surface area contributed by atoms with Gasteiger partial charge in [0.2, 0.25) is 17.2 Å². The Morgan fingerprint density at radius 2 is 0.929 bits per heavy atom. The lowest BCUT2D eigenvalue weighted by Crippen LogP contribution is -2.50. The molecule has 1 unspecified atom stereocenters. The summed E-state index contributed by atoms with van der Waals surface area (Å²) in [7, 11) is 13.6. The number of fused-ring (bicyclic) bond motifs is 1. The van der Waals surface area contributed by atoms with Crippen LogP contribution in [0.15, 0.2) is 82.0 Å². The van der Waals surface area contributed by atoms with Crippen LogP contribution >= 0.6 is 0 Å². The molecule has 7 rings (SSSR count). The van der Waals surface area contributed by atoms with Crippen LogP contribution in [0.3, 0.4) is 0 Å². The lowest BCUT2D eigenvalue weighted by molar-refractivity contribution is -0.144. The number of esters is 3. The van der Waals surface area contributed by atoms with Crippen molar-refractivity contribution in [1.82, 2.24) is 19.6 Å². The molecule has 0 bridgehead atoms. The van der Waals surface area contributed by atoms with Gasteiger partial charge in [-0.1, -0.05) is 0 Å². The van der Waals surface area contributed by atoms with Crippen LogP contribution in [-0.4, -0.2) is 199 Å². The summed E-state index contributed by atoms with van der Waals surface area (Å²) < 4.78 is 71.8. The van der Waals surface area contributed by atoms with Crippen molar-refractivity contribution in [1.29, 1.82) is 0 Å². The van der Waals surface area contributed by atoms with Crippen LogP contribution in [0, 0.1) is 6.92 Å². The molecule has 2 aliphatic heterocycles. The molecule has 1 N–H and O–H groups in total. The van der Waals surface area contributed by atoms with E-state index in [2.05, 4.69) is 20.0 Å². The van der Waals surface area contributed by atoms with Gasteiger partial charge >= 0.3 is 29.6 Å². The number of piperazine rings is 2. The van der Waals surface area contributed by atoms with Crippen LogP contribution in [0.5, 0.6) is 51.7 Å². The molecule has 5 aromatic rings. The molecular formula is C62H75N5O18. The van der Waals surface area contributed by atoms with Gasteiger partial charge in [-0.2, -0.15) is 0 Å². The summed E-state index contributed by atoms with van der Waals surface area (Å²) in [6, 6.07) is 15.1. The van der Waals surface area contributed by atoms with E-state index in [0.717, 1.165) is 0 Å². The molecule has 85 heavy (non-hydrogen) atoms. The topological polar surface area (TPSA) is 234 Å². The molecule has 2 amide bonds. The third kappa shape index (κ3) is 17.1. The minimum absolute atomic E-state index is 0.0498. The first-order valence-corrected chi connectivity index (χ1v) is 27.4. The van der Waals surface area contributed by atoms with Crippen molar-refractivity contribution in [2.45, 2.75) is 19.4 Å². The Hall–Kier alpha value is -8.93. The Morgan fingerprint density at radius 3 is 1.34 bits per heavy atom. The minimum atomic E-state index is -0.779. The van der Waals surface area contributed by atoms with Gasteiger partial charge in [0.05, 0.1) is 64.0 Å². The number of ether oxygens (including phenoxy) is 12. The highest BCUT2D eigenvalue weighted by atomic mass is 16.6. The molecule has 0 spiro atoms. The zero-order valence-electron chi connectivity index (χ0n) is 49.8. The minimum Gasteiger partial charge on any atom is -0.493 e. The van der Waals surface area contributed by atoms with Gasteiger partial charge in [-0.3, -0.25) is 14.7 Å².